The van der Waals surface area contributed by atoms with Gasteiger partial charge < -0.3 is 9.64 Å². The van der Waals surface area contributed by atoms with E-state index >= 15 is 0 Å². The standard InChI is InChI=1S/C18H27N3O/c1-15(2)22-18-9-8-16(7-5-11-20(3)4)13-17(18)14-21-12-6-10-19-21/h6,8-10,12-13,15H,5,7,11,14H2,1-4H3. The fourth-order valence-electron chi connectivity index (χ4n) is 2.45. The van der Waals surface area contributed by atoms with Crippen molar-refractivity contribution in [1.82, 2.24) is 14.7 Å². The Bertz CT molecular complexity index is 562. The molecule has 0 aliphatic heterocycles. The van der Waals surface area contributed by atoms with Crippen molar-refractivity contribution in [2.45, 2.75) is 39.3 Å². The molecule has 0 aliphatic carbocycles. The summed E-state index contributed by atoms with van der Waals surface area (Å²) in [4.78, 5) is 2.22. The number of nitrogens with zero attached hydrogens (tertiary/aromatic N) is 3. The van der Waals surface area contributed by atoms with Crippen molar-refractivity contribution in [1.29, 1.82) is 0 Å². The molecule has 0 aliphatic rings. The summed E-state index contributed by atoms with van der Waals surface area (Å²) in [6, 6.07) is 8.49. The van der Waals surface area contributed by atoms with Crippen LogP contribution in [0.15, 0.2) is 36.7 Å². The van der Waals surface area contributed by atoms with Crippen LogP contribution >= 0.6 is 0 Å². The SMILES string of the molecule is CC(C)Oc1ccc(CCCN(C)C)cc1Cn1cccn1. The van der Waals surface area contributed by atoms with Gasteiger partial charge in [-0.05, 0) is 65.0 Å². The summed E-state index contributed by atoms with van der Waals surface area (Å²) in [5, 5.41) is 4.30. The first-order valence-corrected chi connectivity index (χ1v) is 7.95. The van der Waals surface area contributed by atoms with E-state index in [2.05, 4.69) is 56.1 Å². The summed E-state index contributed by atoms with van der Waals surface area (Å²) in [5.41, 5.74) is 2.56. The van der Waals surface area contributed by atoms with Crippen LogP contribution in [0.1, 0.15) is 31.4 Å². The third-order valence-electron chi connectivity index (χ3n) is 3.45. The Kier molecular flexibility index (Phi) is 6.01. The summed E-state index contributed by atoms with van der Waals surface area (Å²) in [6.07, 6.45) is 6.23. The quantitative estimate of drug-likeness (QED) is 0.750. The van der Waals surface area contributed by atoms with Crippen LogP contribution in [0.5, 0.6) is 5.75 Å². The van der Waals surface area contributed by atoms with Crippen LogP contribution in [0, 0.1) is 0 Å². The minimum Gasteiger partial charge on any atom is -0.491 e. The number of benzene rings is 1. The molecule has 1 aromatic heterocycles. The van der Waals surface area contributed by atoms with Crippen molar-refractivity contribution in [3.8, 4) is 5.75 Å². The second-order valence-corrected chi connectivity index (χ2v) is 6.22. The molecule has 0 saturated heterocycles. The second-order valence-electron chi connectivity index (χ2n) is 6.22. The van der Waals surface area contributed by atoms with Crippen molar-refractivity contribution in [3.63, 3.8) is 0 Å². The Morgan fingerprint density at radius 1 is 1.27 bits per heavy atom. The lowest BCUT2D eigenvalue weighted by Gasteiger charge is -2.16. The molecule has 0 unspecified atom stereocenters. The molecular weight excluding hydrogens is 274 g/mol. The van der Waals surface area contributed by atoms with Gasteiger partial charge in [-0.3, -0.25) is 4.68 Å². The van der Waals surface area contributed by atoms with E-state index in [1.165, 1.54) is 17.5 Å². The van der Waals surface area contributed by atoms with Crippen LogP contribution < -0.4 is 4.74 Å². The molecule has 0 bridgehead atoms. The average Bonchev–Trinajstić information content (AvgIpc) is 2.93. The summed E-state index contributed by atoms with van der Waals surface area (Å²) in [6.45, 7) is 5.97. The number of aryl methyl sites for hydroxylation is 1. The molecule has 1 aromatic carbocycles. The van der Waals surface area contributed by atoms with Gasteiger partial charge in [0.2, 0.25) is 0 Å². The molecule has 120 valence electrons. The van der Waals surface area contributed by atoms with Crippen LogP contribution in [0.25, 0.3) is 0 Å². The minimum atomic E-state index is 0.177. The molecule has 4 heteroatoms. The maximum absolute atomic E-state index is 5.94. The first kappa shape index (κ1) is 16.6. The molecule has 0 amide bonds. The summed E-state index contributed by atoms with van der Waals surface area (Å²) in [7, 11) is 4.23. The highest BCUT2D eigenvalue weighted by molar-refractivity contribution is 5.37. The van der Waals surface area contributed by atoms with E-state index in [1.54, 1.807) is 0 Å². The lowest BCUT2D eigenvalue weighted by atomic mass is 10.0. The van der Waals surface area contributed by atoms with E-state index in [9.17, 15) is 0 Å². The Labute approximate surface area is 133 Å². The fraction of sp³-hybridized carbons (Fsp3) is 0.500. The number of aromatic nitrogens is 2. The molecule has 0 radical (unpaired) electrons. The zero-order chi connectivity index (χ0) is 15.9. The van der Waals surface area contributed by atoms with E-state index in [0.717, 1.165) is 25.3 Å². The van der Waals surface area contributed by atoms with E-state index < -0.39 is 0 Å². The largest absolute Gasteiger partial charge is 0.491 e. The smallest absolute Gasteiger partial charge is 0.124 e. The van der Waals surface area contributed by atoms with Gasteiger partial charge in [0.15, 0.2) is 0 Å². The van der Waals surface area contributed by atoms with Gasteiger partial charge in [-0.2, -0.15) is 5.10 Å². The van der Waals surface area contributed by atoms with Crippen LogP contribution in [-0.4, -0.2) is 41.4 Å². The van der Waals surface area contributed by atoms with Crippen molar-refractivity contribution in [2.75, 3.05) is 20.6 Å². The third kappa shape index (κ3) is 5.19. The Morgan fingerprint density at radius 2 is 2.09 bits per heavy atom. The molecule has 0 spiro atoms. The molecule has 2 aromatic rings. The van der Waals surface area contributed by atoms with Gasteiger partial charge in [-0.15, -0.1) is 0 Å². The van der Waals surface area contributed by atoms with Gasteiger partial charge in [-0.1, -0.05) is 12.1 Å². The van der Waals surface area contributed by atoms with E-state index in [4.69, 9.17) is 4.74 Å². The van der Waals surface area contributed by atoms with E-state index in [-0.39, 0.29) is 6.10 Å². The molecule has 0 N–H and O–H groups in total. The van der Waals surface area contributed by atoms with Gasteiger partial charge >= 0.3 is 0 Å². The van der Waals surface area contributed by atoms with Gasteiger partial charge in [0.1, 0.15) is 5.75 Å². The zero-order valence-electron chi connectivity index (χ0n) is 14.1. The van der Waals surface area contributed by atoms with Crippen LogP contribution in [0.3, 0.4) is 0 Å². The van der Waals surface area contributed by atoms with Crippen LogP contribution in [-0.2, 0) is 13.0 Å². The highest BCUT2D eigenvalue weighted by Gasteiger charge is 2.08. The first-order chi connectivity index (χ1) is 10.5. The number of hydrogen-bond acceptors (Lipinski definition) is 3. The number of ether oxygens (including phenoxy) is 1. The first-order valence-electron chi connectivity index (χ1n) is 7.95. The molecule has 1 heterocycles. The Hall–Kier alpha value is -1.81. The number of rotatable bonds is 8. The van der Waals surface area contributed by atoms with Crippen molar-refractivity contribution in [3.05, 3.63) is 47.8 Å². The van der Waals surface area contributed by atoms with Crippen LogP contribution in [0.2, 0.25) is 0 Å². The zero-order valence-corrected chi connectivity index (χ0v) is 14.1. The molecule has 4 nitrogen and oxygen atoms in total. The van der Waals surface area contributed by atoms with Gasteiger partial charge in [0, 0.05) is 18.0 Å². The summed E-state index contributed by atoms with van der Waals surface area (Å²) < 4.78 is 7.88. The molecular formula is C18H27N3O. The van der Waals surface area contributed by atoms with Crippen molar-refractivity contribution in [2.24, 2.45) is 0 Å². The third-order valence-corrected chi connectivity index (χ3v) is 3.45. The predicted molar refractivity (Wildman–Crippen MR) is 90.4 cm³/mol. The molecule has 0 saturated carbocycles. The van der Waals surface area contributed by atoms with Crippen LogP contribution in [0.4, 0.5) is 0 Å². The lowest BCUT2D eigenvalue weighted by Crippen LogP contribution is -2.13. The van der Waals surface area contributed by atoms with Crippen molar-refractivity contribution >= 4 is 0 Å². The Balaban J connectivity index is 2.13. The van der Waals surface area contributed by atoms with Crippen molar-refractivity contribution < 1.29 is 4.74 Å². The molecule has 0 fully saturated rings. The predicted octanol–water partition coefficient (Wildman–Crippen LogP) is 3.21. The Morgan fingerprint density at radius 3 is 2.73 bits per heavy atom. The average molecular weight is 301 g/mol. The number of hydrogen-bond donors (Lipinski definition) is 0. The maximum Gasteiger partial charge on any atom is 0.124 e. The highest BCUT2D eigenvalue weighted by Crippen LogP contribution is 2.23. The monoisotopic (exact) mass is 301 g/mol. The minimum absolute atomic E-state index is 0.177. The summed E-state index contributed by atoms with van der Waals surface area (Å²) >= 11 is 0. The molecule has 22 heavy (non-hydrogen) atoms. The van der Waals surface area contributed by atoms with Gasteiger partial charge in [-0.25, -0.2) is 0 Å². The normalized spacial score (nSPS) is 11.4. The van der Waals surface area contributed by atoms with Gasteiger partial charge in [0.05, 0.1) is 12.6 Å². The highest BCUT2D eigenvalue weighted by atomic mass is 16.5. The lowest BCUT2D eigenvalue weighted by molar-refractivity contribution is 0.239. The van der Waals surface area contributed by atoms with E-state index in [1.807, 2.05) is 23.1 Å². The topological polar surface area (TPSA) is 30.3 Å². The molecule has 2 rings (SSSR count). The van der Waals surface area contributed by atoms with Gasteiger partial charge in [0.25, 0.3) is 0 Å². The maximum atomic E-state index is 5.94. The fourth-order valence-corrected chi connectivity index (χ4v) is 2.45. The molecule has 0 atom stereocenters. The summed E-state index contributed by atoms with van der Waals surface area (Å²) in [5.74, 6) is 0.960. The second kappa shape index (κ2) is 7.99. The van der Waals surface area contributed by atoms with E-state index in [0.29, 0.717) is 0 Å².